The lowest BCUT2D eigenvalue weighted by Gasteiger charge is -2.36. The number of aliphatic carboxylic acids is 1. The third-order valence-corrected chi connectivity index (χ3v) is 3.30. The standard InChI is InChI=1S/C10H18N2O2/c13-10(14)3-7-11-6-2-9(8-11)12-4-1-5-12/h9H,1-8H2,(H,13,14). The lowest BCUT2D eigenvalue weighted by Crippen LogP contribution is -2.46. The SMILES string of the molecule is O=C(O)CCN1CCC(N2CCC2)C1. The zero-order chi connectivity index (χ0) is 9.97. The van der Waals surface area contributed by atoms with E-state index in [0.717, 1.165) is 19.6 Å². The second kappa shape index (κ2) is 4.28. The number of carboxylic acids is 1. The Morgan fingerprint density at radius 3 is 2.71 bits per heavy atom. The second-order valence-corrected chi connectivity index (χ2v) is 4.28. The van der Waals surface area contributed by atoms with Crippen LogP contribution in [0.25, 0.3) is 0 Å². The van der Waals surface area contributed by atoms with E-state index in [4.69, 9.17) is 5.11 Å². The van der Waals surface area contributed by atoms with Gasteiger partial charge in [0.1, 0.15) is 0 Å². The maximum absolute atomic E-state index is 10.4. The van der Waals surface area contributed by atoms with E-state index in [9.17, 15) is 4.79 Å². The molecule has 0 saturated carbocycles. The first-order valence-corrected chi connectivity index (χ1v) is 5.44. The van der Waals surface area contributed by atoms with Crippen LogP contribution in [0.5, 0.6) is 0 Å². The summed E-state index contributed by atoms with van der Waals surface area (Å²) in [6.07, 6.45) is 2.85. The van der Waals surface area contributed by atoms with Crippen molar-refractivity contribution >= 4 is 5.97 Å². The maximum Gasteiger partial charge on any atom is 0.304 e. The van der Waals surface area contributed by atoms with Crippen molar-refractivity contribution in [2.45, 2.75) is 25.3 Å². The largest absolute Gasteiger partial charge is 0.481 e. The van der Waals surface area contributed by atoms with E-state index in [1.807, 2.05) is 0 Å². The molecular formula is C10H18N2O2. The van der Waals surface area contributed by atoms with E-state index >= 15 is 0 Å². The topological polar surface area (TPSA) is 43.8 Å². The lowest BCUT2D eigenvalue weighted by molar-refractivity contribution is -0.137. The van der Waals surface area contributed by atoms with Crippen molar-refractivity contribution in [3.05, 3.63) is 0 Å². The van der Waals surface area contributed by atoms with Crippen molar-refractivity contribution in [2.75, 3.05) is 32.7 Å². The fourth-order valence-electron chi connectivity index (χ4n) is 2.27. The van der Waals surface area contributed by atoms with Crippen molar-refractivity contribution in [1.82, 2.24) is 9.80 Å². The summed E-state index contributed by atoms with van der Waals surface area (Å²) in [6.45, 7) is 5.37. The minimum Gasteiger partial charge on any atom is -0.481 e. The van der Waals surface area contributed by atoms with Gasteiger partial charge in [-0.1, -0.05) is 0 Å². The van der Waals surface area contributed by atoms with Crippen molar-refractivity contribution in [3.8, 4) is 0 Å². The van der Waals surface area contributed by atoms with Gasteiger partial charge in [-0.3, -0.25) is 9.69 Å². The zero-order valence-electron chi connectivity index (χ0n) is 8.48. The summed E-state index contributed by atoms with van der Waals surface area (Å²) in [5.41, 5.74) is 0. The van der Waals surface area contributed by atoms with Gasteiger partial charge in [0, 0.05) is 19.1 Å². The first kappa shape index (κ1) is 9.93. The van der Waals surface area contributed by atoms with Gasteiger partial charge in [0.25, 0.3) is 0 Å². The molecule has 0 aromatic rings. The van der Waals surface area contributed by atoms with Gasteiger partial charge < -0.3 is 10.0 Å². The highest BCUT2D eigenvalue weighted by Gasteiger charge is 2.30. The monoisotopic (exact) mass is 198 g/mol. The molecule has 1 N–H and O–H groups in total. The molecule has 2 saturated heterocycles. The lowest BCUT2D eigenvalue weighted by atomic mass is 10.1. The molecule has 0 aromatic carbocycles. The van der Waals surface area contributed by atoms with E-state index in [1.54, 1.807) is 0 Å². The number of hydrogen-bond donors (Lipinski definition) is 1. The molecule has 4 nitrogen and oxygen atoms in total. The van der Waals surface area contributed by atoms with Crippen molar-refractivity contribution in [2.24, 2.45) is 0 Å². The first-order chi connectivity index (χ1) is 6.75. The molecule has 0 spiro atoms. The number of hydrogen-bond acceptors (Lipinski definition) is 3. The molecule has 0 aromatic heterocycles. The normalized spacial score (nSPS) is 29.0. The number of carboxylic acid groups (broad SMARTS) is 1. The molecule has 1 atom stereocenters. The third-order valence-electron chi connectivity index (χ3n) is 3.30. The second-order valence-electron chi connectivity index (χ2n) is 4.28. The summed E-state index contributed by atoms with van der Waals surface area (Å²) in [5.74, 6) is -0.683. The minimum atomic E-state index is -0.683. The summed E-state index contributed by atoms with van der Waals surface area (Å²) in [4.78, 5) is 15.2. The molecule has 1 unspecified atom stereocenters. The van der Waals surface area contributed by atoms with E-state index < -0.39 is 5.97 Å². The highest BCUT2D eigenvalue weighted by molar-refractivity contribution is 5.66. The fraction of sp³-hybridized carbons (Fsp3) is 0.900. The average molecular weight is 198 g/mol. The maximum atomic E-state index is 10.4. The average Bonchev–Trinajstić information content (AvgIpc) is 2.46. The van der Waals surface area contributed by atoms with Crippen LogP contribution in [-0.2, 0) is 4.79 Å². The predicted octanol–water partition coefficient (Wildman–Crippen LogP) is 0.241. The van der Waals surface area contributed by atoms with Gasteiger partial charge in [-0.2, -0.15) is 0 Å². The van der Waals surface area contributed by atoms with Gasteiger partial charge in [0.15, 0.2) is 0 Å². The molecule has 80 valence electrons. The Bertz CT molecular complexity index is 216. The van der Waals surface area contributed by atoms with Crippen molar-refractivity contribution in [3.63, 3.8) is 0 Å². The van der Waals surface area contributed by atoms with Crippen LogP contribution in [0.1, 0.15) is 19.3 Å². The van der Waals surface area contributed by atoms with Crippen LogP contribution in [0.4, 0.5) is 0 Å². The van der Waals surface area contributed by atoms with E-state index in [0.29, 0.717) is 6.04 Å². The molecule has 2 rings (SSSR count). The quantitative estimate of drug-likeness (QED) is 0.703. The smallest absolute Gasteiger partial charge is 0.304 e. The highest BCUT2D eigenvalue weighted by Crippen LogP contribution is 2.20. The molecule has 14 heavy (non-hydrogen) atoms. The molecule has 0 aliphatic carbocycles. The van der Waals surface area contributed by atoms with Crippen molar-refractivity contribution < 1.29 is 9.90 Å². The Hall–Kier alpha value is -0.610. The Morgan fingerprint density at radius 2 is 2.14 bits per heavy atom. The van der Waals surface area contributed by atoms with E-state index in [1.165, 1.54) is 25.9 Å². The van der Waals surface area contributed by atoms with E-state index in [2.05, 4.69) is 9.80 Å². The van der Waals surface area contributed by atoms with Crippen molar-refractivity contribution in [1.29, 1.82) is 0 Å². The van der Waals surface area contributed by atoms with Gasteiger partial charge in [-0.25, -0.2) is 0 Å². The number of likely N-dealkylation sites (tertiary alicyclic amines) is 2. The van der Waals surface area contributed by atoms with Gasteiger partial charge in [0.05, 0.1) is 6.42 Å². The van der Waals surface area contributed by atoms with Gasteiger partial charge >= 0.3 is 5.97 Å². The Balaban J connectivity index is 1.68. The summed E-state index contributed by atoms with van der Waals surface area (Å²) in [7, 11) is 0. The van der Waals surface area contributed by atoms with Gasteiger partial charge in [-0.15, -0.1) is 0 Å². The predicted molar refractivity (Wildman–Crippen MR) is 53.3 cm³/mol. The minimum absolute atomic E-state index is 0.284. The fourth-order valence-corrected chi connectivity index (χ4v) is 2.27. The molecule has 0 radical (unpaired) electrons. The molecule has 2 heterocycles. The highest BCUT2D eigenvalue weighted by atomic mass is 16.4. The molecule has 2 aliphatic rings. The van der Waals surface area contributed by atoms with Crippen LogP contribution in [0.2, 0.25) is 0 Å². The molecule has 2 fully saturated rings. The number of nitrogens with zero attached hydrogens (tertiary/aromatic N) is 2. The number of carbonyl (C=O) groups is 1. The van der Waals surface area contributed by atoms with Crippen LogP contribution >= 0.6 is 0 Å². The summed E-state index contributed by atoms with van der Waals surface area (Å²) in [5, 5.41) is 8.57. The third kappa shape index (κ3) is 2.25. The van der Waals surface area contributed by atoms with Crippen LogP contribution < -0.4 is 0 Å². The molecule has 2 aliphatic heterocycles. The van der Waals surface area contributed by atoms with E-state index in [-0.39, 0.29) is 6.42 Å². The van der Waals surface area contributed by atoms with Crippen LogP contribution in [0, 0.1) is 0 Å². The van der Waals surface area contributed by atoms with Crippen LogP contribution in [-0.4, -0.2) is 59.6 Å². The summed E-state index contributed by atoms with van der Waals surface area (Å²) in [6, 6.07) is 0.706. The Labute approximate surface area is 84.5 Å². The summed E-state index contributed by atoms with van der Waals surface area (Å²) < 4.78 is 0. The first-order valence-electron chi connectivity index (χ1n) is 5.44. The molecule has 4 heteroatoms. The Kier molecular flexibility index (Phi) is 3.03. The zero-order valence-corrected chi connectivity index (χ0v) is 8.48. The molecule has 0 amide bonds. The van der Waals surface area contributed by atoms with Gasteiger partial charge in [0.2, 0.25) is 0 Å². The molecule has 0 bridgehead atoms. The number of rotatable bonds is 4. The van der Waals surface area contributed by atoms with Crippen LogP contribution in [0.3, 0.4) is 0 Å². The Morgan fingerprint density at radius 1 is 1.36 bits per heavy atom. The summed E-state index contributed by atoms with van der Waals surface area (Å²) >= 11 is 0. The van der Waals surface area contributed by atoms with Gasteiger partial charge in [-0.05, 0) is 32.5 Å². The molecular weight excluding hydrogens is 180 g/mol. The van der Waals surface area contributed by atoms with Crippen LogP contribution in [0.15, 0.2) is 0 Å².